The van der Waals surface area contributed by atoms with Crippen molar-refractivity contribution >= 4 is 0 Å². The molecule has 3 nitrogen and oxygen atoms in total. The highest BCUT2D eigenvalue weighted by atomic mass is 19.1. The van der Waals surface area contributed by atoms with Crippen molar-refractivity contribution in [3.8, 4) is 0 Å². The average molecular weight is 265 g/mol. The van der Waals surface area contributed by atoms with Crippen LogP contribution in [0, 0.1) is 11.6 Å². The maximum Gasteiger partial charge on any atom is 0.130 e. The van der Waals surface area contributed by atoms with Crippen LogP contribution < -0.4 is 5.32 Å². The van der Waals surface area contributed by atoms with Crippen molar-refractivity contribution in [1.82, 2.24) is 14.9 Å². The van der Waals surface area contributed by atoms with Gasteiger partial charge in [-0.3, -0.25) is 0 Å². The zero-order chi connectivity index (χ0) is 13.8. The zero-order valence-electron chi connectivity index (χ0n) is 11.0. The second-order valence-electron chi connectivity index (χ2n) is 4.37. The van der Waals surface area contributed by atoms with E-state index in [1.807, 2.05) is 17.7 Å². The van der Waals surface area contributed by atoms with Crippen LogP contribution in [0.2, 0.25) is 0 Å². The quantitative estimate of drug-likeness (QED) is 0.900. The summed E-state index contributed by atoms with van der Waals surface area (Å²) in [4.78, 5) is 4.21. The van der Waals surface area contributed by atoms with Gasteiger partial charge in [0.1, 0.15) is 17.5 Å². The van der Waals surface area contributed by atoms with Crippen LogP contribution in [0.5, 0.6) is 0 Å². The molecule has 2 rings (SSSR count). The minimum atomic E-state index is -0.529. The molecule has 1 heterocycles. The Bertz CT molecular complexity index is 531. The summed E-state index contributed by atoms with van der Waals surface area (Å²) in [6, 6.07) is 3.49. The minimum absolute atomic E-state index is 0.0668. The number of halogens is 2. The first-order chi connectivity index (χ1) is 9.13. The first kappa shape index (κ1) is 13.7. The third kappa shape index (κ3) is 2.98. The highest BCUT2D eigenvalue weighted by molar-refractivity contribution is 5.22. The second kappa shape index (κ2) is 5.93. The predicted molar refractivity (Wildman–Crippen MR) is 69.5 cm³/mol. The predicted octanol–water partition coefficient (Wildman–Crippen LogP) is 3.03. The molecule has 0 saturated heterocycles. The fraction of sp³-hybridized carbons (Fsp3) is 0.357. The summed E-state index contributed by atoms with van der Waals surface area (Å²) in [6.45, 7) is 5.04. The molecule has 19 heavy (non-hydrogen) atoms. The molecule has 1 atom stereocenters. The molecular weight excluding hydrogens is 248 g/mol. The molecule has 1 N–H and O–H groups in total. The highest BCUT2D eigenvalue weighted by Gasteiger charge is 2.15. The highest BCUT2D eigenvalue weighted by Crippen LogP contribution is 2.20. The summed E-state index contributed by atoms with van der Waals surface area (Å²) < 4.78 is 29.2. The number of benzene rings is 1. The second-order valence-corrected chi connectivity index (χ2v) is 4.37. The Balaban J connectivity index is 2.08. The van der Waals surface area contributed by atoms with E-state index in [-0.39, 0.29) is 5.56 Å². The molecule has 0 aliphatic carbocycles. The third-order valence-electron chi connectivity index (χ3n) is 3.14. The van der Waals surface area contributed by atoms with E-state index in [1.54, 1.807) is 13.1 Å². The Hall–Kier alpha value is -1.75. The van der Waals surface area contributed by atoms with Gasteiger partial charge in [0, 0.05) is 30.5 Å². The molecule has 102 valence electrons. The van der Waals surface area contributed by atoms with Crippen molar-refractivity contribution < 1.29 is 8.78 Å². The maximum atomic E-state index is 13.6. The first-order valence-corrected chi connectivity index (χ1v) is 6.30. The summed E-state index contributed by atoms with van der Waals surface area (Å²) >= 11 is 0. The number of nitrogens with one attached hydrogen (secondary N) is 1. The molecule has 1 aromatic heterocycles. The molecule has 0 aliphatic heterocycles. The molecule has 0 bridgehead atoms. The summed E-state index contributed by atoms with van der Waals surface area (Å²) in [5, 5.41) is 3.09. The fourth-order valence-corrected chi connectivity index (χ4v) is 2.07. The van der Waals surface area contributed by atoms with E-state index >= 15 is 0 Å². The van der Waals surface area contributed by atoms with Crippen LogP contribution in [0.15, 0.2) is 30.6 Å². The Labute approximate surface area is 111 Å². The summed E-state index contributed by atoms with van der Waals surface area (Å²) in [6.07, 6.45) is 3.60. The van der Waals surface area contributed by atoms with Gasteiger partial charge in [0.2, 0.25) is 0 Å². The van der Waals surface area contributed by atoms with E-state index in [9.17, 15) is 8.78 Å². The van der Waals surface area contributed by atoms with Gasteiger partial charge in [-0.2, -0.15) is 0 Å². The molecule has 0 saturated carbocycles. The minimum Gasteiger partial charge on any atom is -0.334 e. The van der Waals surface area contributed by atoms with Gasteiger partial charge in [-0.05, 0) is 26.0 Å². The molecule has 5 heteroatoms. The van der Waals surface area contributed by atoms with E-state index in [2.05, 4.69) is 10.3 Å². The Kier molecular flexibility index (Phi) is 4.27. The third-order valence-corrected chi connectivity index (χ3v) is 3.14. The number of aromatic nitrogens is 2. The molecular formula is C14H17F2N3. The van der Waals surface area contributed by atoms with E-state index in [4.69, 9.17) is 0 Å². The standard InChI is InChI=1S/C14H17F2N3/c1-3-19-8-7-17-13(19)9-18-10(2)14-11(15)5-4-6-12(14)16/h4-8,10,18H,3,9H2,1-2H3. The summed E-state index contributed by atoms with van der Waals surface area (Å²) in [7, 11) is 0. The Morgan fingerprint density at radius 1 is 1.32 bits per heavy atom. The molecule has 1 unspecified atom stereocenters. The number of nitrogens with zero attached hydrogens (tertiary/aromatic N) is 2. The SMILES string of the molecule is CCn1ccnc1CNC(C)c1c(F)cccc1F. The number of rotatable bonds is 5. The van der Waals surface area contributed by atoms with E-state index < -0.39 is 17.7 Å². The topological polar surface area (TPSA) is 29.9 Å². The molecule has 2 aromatic rings. The number of hydrogen-bond donors (Lipinski definition) is 1. The van der Waals surface area contributed by atoms with Crippen molar-refractivity contribution in [2.24, 2.45) is 0 Å². The van der Waals surface area contributed by atoms with Gasteiger partial charge in [-0.15, -0.1) is 0 Å². The first-order valence-electron chi connectivity index (χ1n) is 6.30. The van der Waals surface area contributed by atoms with Crippen molar-refractivity contribution in [2.45, 2.75) is 33.0 Å². The summed E-state index contributed by atoms with van der Waals surface area (Å²) in [5.41, 5.74) is 0.0668. The van der Waals surface area contributed by atoms with Crippen LogP contribution in [-0.2, 0) is 13.1 Å². The largest absolute Gasteiger partial charge is 0.334 e. The van der Waals surface area contributed by atoms with Crippen molar-refractivity contribution in [3.63, 3.8) is 0 Å². The lowest BCUT2D eigenvalue weighted by Gasteiger charge is -2.16. The van der Waals surface area contributed by atoms with Crippen molar-refractivity contribution in [1.29, 1.82) is 0 Å². The smallest absolute Gasteiger partial charge is 0.130 e. The molecule has 0 spiro atoms. The summed E-state index contributed by atoms with van der Waals surface area (Å²) in [5.74, 6) is -0.205. The van der Waals surface area contributed by atoms with Gasteiger partial charge in [0.15, 0.2) is 0 Å². The van der Waals surface area contributed by atoms with E-state index in [0.29, 0.717) is 6.54 Å². The number of imidazole rings is 1. The maximum absolute atomic E-state index is 13.6. The van der Waals surface area contributed by atoms with Crippen LogP contribution in [0.3, 0.4) is 0 Å². The van der Waals surface area contributed by atoms with Gasteiger partial charge in [0.25, 0.3) is 0 Å². The molecule has 0 aliphatic rings. The number of hydrogen-bond acceptors (Lipinski definition) is 2. The lowest BCUT2D eigenvalue weighted by molar-refractivity contribution is 0.477. The Morgan fingerprint density at radius 3 is 2.63 bits per heavy atom. The van der Waals surface area contributed by atoms with Gasteiger partial charge < -0.3 is 9.88 Å². The zero-order valence-corrected chi connectivity index (χ0v) is 11.0. The molecule has 0 amide bonds. The monoisotopic (exact) mass is 265 g/mol. The van der Waals surface area contributed by atoms with Crippen LogP contribution in [-0.4, -0.2) is 9.55 Å². The lowest BCUT2D eigenvalue weighted by Crippen LogP contribution is -2.22. The van der Waals surface area contributed by atoms with E-state index in [0.717, 1.165) is 12.4 Å². The lowest BCUT2D eigenvalue weighted by atomic mass is 10.1. The van der Waals surface area contributed by atoms with E-state index in [1.165, 1.54) is 18.2 Å². The van der Waals surface area contributed by atoms with Gasteiger partial charge in [-0.25, -0.2) is 13.8 Å². The van der Waals surface area contributed by atoms with Gasteiger partial charge in [-0.1, -0.05) is 6.07 Å². The van der Waals surface area contributed by atoms with Gasteiger partial charge >= 0.3 is 0 Å². The van der Waals surface area contributed by atoms with Crippen LogP contribution in [0.25, 0.3) is 0 Å². The fourth-order valence-electron chi connectivity index (χ4n) is 2.07. The molecule has 0 fully saturated rings. The Morgan fingerprint density at radius 2 is 2.00 bits per heavy atom. The molecule has 0 radical (unpaired) electrons. The average Bonchev–Trinajstić information content (AvgIpc) is 2.83. The van der Waals surface area contributed by atoms with Crippen molar-refractivity contribution in [3.05, 3.63) is 53.6 Å². The van der Waals surface area contributed by atoms with Crippen molar-refractivity contribution in [2.75, 3.05) is 0 Å². The number of aryl methyl sites for hydroxylation is 1. The van der Waals surface area contributed by atoms with Gasteiger partial charge in [0.05, 0.1) is 6.54 Å². The normalized spacial score (nSPS) is 12.6. The molecule has 1 aromatic carbocycles. The van der Waals surface area contributed by atoms with Crippen LogP contribution in [0.1, 0.15) is 31.3 Å². The van der Waals surface area contributed by atoms with Crippen LogP contribution >= 0.6 is 0 Å². The van der Waals surface area contributed by atoms with Crippen LogP contribution in [0.4, 0.5) is 8.78 Å².